The number of nitrogens with two attached hydrogens (primary N) is 1. The molecule has 0 saturated carbocycles. The van der Waals surface area contributed by atoms with Crippen molar-refractivity contribution in [3.05, 3.63) is 34.6 Å². The van der Waals surface area contributed by atoms with Gasteiger partial charge < -0.3 is 5.73 Å². The molecule has 18 heavy (non-hydrogen) atoms. The van der Waals surface area contributed by atoms with Crippen LogP contribution >= 0.6 is 11.6 Å². The Kier molecular flexibility index (Phi) is 5.41. The largest absolute Gasteiger partial charge is 0.389 e. The summed E-state index contributed by atoms with van der Waals surface area (Å²) in [6, 6.07) is 3.73. The minimum atomic E-state index is -4.17. The maximum absolute atomic E-state index is 13.4. The molecule has 0 radical (unpaired) electrons. The Hall–Kier alpha value is -0.810. The van der Waals surface area contributed by atoms with E-state index >= 15 is 0 Å². The number of halogens is 5. The van der Waals surface area contributed by atoms with Gasteiger partial charge in [-0.15, -0.1) is 0 Å². The summed E-state index contributed by atoms with van der Waals surface area (Å²) in [5.74, 6) is -0.478. The predicted molar refractivity (Wildman–Crippen MR) is 63.0 cm³/mol. The molecule has 0 aliphatic carbocycles. The number of alkyl halides is 3. The lowest BCUT2D eigenvalue weighted by Gasteiger charge is -2.14. The highest BCUT2D eigenvalue weighted by atomic mass is 35.5. The maximum Gasteiger partial charge on any atom is 0.389 e. The fourth-order valence-electron chi connectivity index (χ4n) is 1.66. The van der Waals surface area contributed by atoms with Crippen molar-refractivity contribution in [3.8, 4) is 0 Å². The highest BCUT2D eigenvalue weighted by Crippen LogP contribution is 2.24. The van der Waals surface area contributed by atoms with Gasteiger partial charge >= 0.3 is 6.18 Å². The molecule has 0 saturated heterocycles. The predicted octanol–water partition coefficient (Wildman–Crippen LogP) is 4.08. The van der Waals surface area contributed by atoms with E-state index in [2.05, 4.69) is 0 Å². The molecule has 1 atom stereocenters. The van der Waals surface area contributed by atoms with Crippen LogP contribution in [0, 0.1) is 5.82 Å². The van der Waals surface area contributed by atoms with Crippen LogP contribution < -0.4 is 5.73 Å². The van der Waals surface area contributed by atoms with Crippen molar-refractivity contribution in [1.29, 1.82) is 0 Å². The van der Waals surface area contributed by atoms with Crippen molar-refractivity contribution < 1.29 is 17.6 Å². The summed E-state index contributed by atoms with van der Waals surface area (Å²) >= 11 is 5.80. The number of benzene rings is 1. The zero-order valence-electron chi connectivity index (χ0n) is 9.61. The van der Waals surface area contributed by atoms with Crippen LogP contribution in [0.2, 0.25) is 5.02 Å². The summed E-state index contributed by atoms with van der Waals surface area (Å²) in [7, 11) is 0. The summed E-state index contributed by atoms with van der Waals surface area (Å²) < 4.78 is 49.2. The van der Waals surface area contributed by atoms with Crippen LogP contribution in [0.15, 0.2) is 18.2 Å². The SMILES string of the molecule is NC(CCCC(F)(F)F)Cc1c(F)cccc1Cl. The van der Waals surface area contributed by atoms with E-state index in [4.69, 9.17) is 17.3 Å². The van der Waals surface area contributed by atoms with Gasteiger partial charge in [-0.05, 0) is 31.4 Å². The monoisotopic (exact) mass is 283 g/mol. The molecule has 1 rings (SSSR count). The molecular weight excluding hydrogens is 270 g/mol. The first kappa shape index (κ1) is 15.2. The molecule has 0 fully saturated rings. The first-order valence-electron chi connectivity index (χ1n) is 5.55. The summed E-state index contributed by atoms with van der Waals surface area (Å²) in [5.41, 5.74) is 5.94. The Morgan fingerprint density at radius 3 is 2.50 bits per heavy atom. The van der Waals surface area contributed by atoms with Gasteiger partial charge in [0.2, 0.25) is 0 Å². The van der Waals surface area contributed by atoms with Crippen LogP contribution in [-0.2, 0) is 6.42 Å². The van der Waals surface area contributed by atoms with Gasteiger partial charge in [-0.25, -0.2) is 4.39 Å². The average Bonchev–Trinajstić information content (AvgIpc) is 2.22. The third kappa shape index (κ3) is 5.23. The molecule has 0 heterocycles. The number of rotatable bonds is 5. The molecule has 0 spiro atoms. The Morgan fingerprint density at radius 2 is 1.94 bits per heavy atom. The number of hydrogen-bond acceptors (Lipinski definition) is 1. The molecule has 0 amide bonds. The van der Waals surface area contributed by atoms with Crippen LogP contribution in [0.3, 0.4) is 0 Å². The van der Waals surface area contributed by atoms with E-state index in [-0.39, 0.29) is 29.8 Å². The van der Waals surface area contributed by atoms with Gasteiger partial charge in [-0.1, -0.05) is 17.7 Å². The van der Waals surface area contributed by atoms with E-state index < -0.39 is 24.5 Å². The molecule has 0 aliphatic rings. The van der Waals surface area contributed by atoms with Gasteiger partial charge in [0, 0.05) is 23.0 Å². The van der Waals surface area contributed by atoms with E-state index in [1.54, 1.807) is 0 Å². The normalized spacial score (nSPS) is 13.7. The van der Waals surface area contributed by atoms with Gasteiger partial charge in [-0.3, -0.25) is 0 Å². The minimum absolute atomic E-state index is 0.0588. The molecule has 0 aliphatic heterocycles. The van der Waals surface area contributed by atoms with Crippen LogP contribution in [0.4, 0.5) is 17.6 Å². The molecule has 0 aromatic heterocycles. The van der Waals surface area contributed by atoms with Gasteiger partial charge in [0.05, 0.1) is 0 Å². The molecule has 0 bridgehead atoms. The van der Waals surface area contributed by atoms with Crippen molar-refractivity contribution >= 4 is 11.6 Å². The second kappa shape index (κ2) is 6.38. The lowest BCUT2D eigenvalue weighted by Crippen LogP contribution is -2.24. The highest BCUT2D eigenvalue weighted by molar-refractivity contribution is 6.31. The summed E-state index contributed by atoms with van der Waals surface area (Å²) in [6.45, 7) is 0. The van der Waals surface area contributed by atoms with Crippen molar-refractivity contribution in [2.24, 2.45) is 5.73 Å². The summed E-state index contributed by atoms with van der Waals surface area (Å²) in [6.07, 6.45) is -4.77. The standard InChI is InChI=1S/C12H14ClF4N/c13-10-4-1-5-11(14)9(10)7-8(18)3-2-6-12(15,16)17/h1,4-5,8H,2-3,6-7,18H2. The molecule has 2 N–H and O–H groups in total. The lowest BCUT2D eigenvalue weighted by atomic mass is 10.0. The van der Waals surface area contributed by atoms with E-state index in [0.717, 1.165) is 0 Å². The van der Waals surface area contributed by atoms with Crippen molar-refractivity contribution in [3.63, 3.8) is 0 Å². The smallest absolute Gasteiger partial charge is 0.327 e. The molecule has 1 aromatic rings. The topological polar surface area (TPSA) is 26.0 Å². The van der Waals surface area contributed by atoms with Crippen LogP contribution in [-0.4, -0.2) is 12.2 Å². The minimum Gasteiger partial charge on any atom is -0.327 e. The Bertz CT molecular complexity index is 372. The Morgan fingerprint density at radius 1 is 1.28 bits per heavy atom. The van der Waals surface area contributed by atoms with E-state index in [0.29, 0.717) is 0 Å². The Labute approximate surface area is 108 Å². The molecule has 102 valence electrons. The van der Waals surface area contributed by atoms with Gasteiger partial charge in [0.1, 0.15) is 5.82 Å². The van der Waals surface area contributed by atoms with E-state index in [1.165, 1.54) is 18.2 Å². The zero-order valence-corrected chi connectivity index (χ0v) is 10.4. The van der Waals surface area contributed by atoms with Crippen LogP contribution in [0.5, 0.6) is 0 Å². The second-order valence-electron chi connectivity index (χ2n) is 4.17. The highest BCUT2D eigenvalue weighted by Gasteiger charge is 2.26. The first-order valence-corrected chi connectivity index (χ1v) is 5.92. The van der Waals surface area contributed by atoms with E-state index in [9.17, 15) is 17.6 Å². The quantitative estimate of drug-likeness (QED) is 0.810. The van der Waals surface area contributed by atoms with Crippen molar-refractivity contribution in [2.45, 2.75) is 37.9 Å². The fraction of sp³-hybridized carbons (Fsp3) is 0.500. The van der Waals surface area contributed by atoms with E-state index in [1.807, 2.05) is 0 Å². The van der Waals surface area contributed by atoms with Crippen LogP contribution in [0.1, 0.15) is 24.8 Å². The molecule has 1 nitrogen and oxygen atoms in total. The first-order chi connectivity index (χ1) is 8.29. The lowest BCUT2D eigenvalue weighted by molar-refractivity contribution is -0.135. The molecule has 1 unspecified atom stereocenters. The van der Waals surface area contributed by atoms with Gasteiger partial charge in [0.15, 0.2) is 0 Å². The van der Waals surface area contributed by atoms with Crippen LogP contribution in [0.25, 0.3) is 0 Å². The van der Waals surface area contributed by atoms with Gasteiger partial charge in [0.25, 0.3) is 0 Å². The molecular formula is C12H14ClF4N. The Balaban J connectivity index is 2.47. The third-order valence-electron chi connectivity index (χ3n) is 2.56. The third-order valence-corrected chi connectivity index (χ3v) is 2.92. The zero-order chi connectivity index (χ0) is 13.8. The number of hydrogen-bond donors (Lipinski definition) is 1. The van der Waals surface area contributed by atoms with Crippen molar-refractivity contribution in [1.82, 2.24) is 0 Å². The maximum atomic E-state index is 13.4. The average molecular weight is 284 g/mol. The van der Waals surface area contributed by atoms with Crippen molar-refractivity contribution in [2.75, 3.05) is 0 Å². The molecule has 1 aromatic carbocycles. The fourth-order valence-corrected chi connectivity index (χ4v) is 1.90. The summed E-state index contributed by atoms with van der Waals surface area (Å²) in [5, 5.41) is 0.251. The van der Waals surface area contributed by atoms with Gasteiger partial charge in [-0.2, -0.15) is 13.2 Å². The second-order valence-corrected chi connectivity index (χ2v) is 4.58. The summed E-state index contributed by atoms with van der Waals surface area (Å²) in [4.78, 5) is 0. The molecule has 6 heteroatoms.